The Kier molecular flexibility index (Phi) is 5.48. The highest BCUT2D eigenvalue weighted by Crippen LogP contribution is 2.38. The van der Waals surface area contributed by atoms with Crippen LogP contribution in [0.2, 0.25) is 0 Å². The van der Waals surface area contributed by atoms with Crippen molar-refractivity contribution in [2.75, 3.05) is 17.2 Å². The molecule has 2 atom stereocenters. The predicted octanol–water partition coefficient (Wildman–Crippen LogP) is 4.13. The van der Waals surface area contributed by atoms with Gasteiger partial charge in [0.25, 0.3) is 0 Å². The Morgan fingerprint density at radius 1 is 1.30 bits per heavy atom. The highest BCUT2D eigenvalue weighted by atomic mass is 19.1. The molecule has 0 bridgehead atoms. The summed E-state index contributed by atoms with van der Waals surface area (Å²) >= 11 is 0. The Morgan fingerprint density at radius 3 is 2.78 bits per heavy atom. The predicted molar refractivity (Wildman–Crippen MR) is 99.5 cm³/mol. The monoisotopic (exact) mass is 376 g/mol. The van der Waals surface area contributed by atoms with Crippen LogP contribution >= 0.6 is 0 Å². The maximum atomic E-state index is 13.7. The molecule has 27 heavy (non-hydrogen) atoms. The lowest BCUT2D eigenvalue weighted by Crippen LogP contribution is -2.32. The average Bonchev–Trinajstić information content (AvgIpc) is 2.96. The van der Waals surface area contributed by atoms with Gasteiger partial charge >= 0.3 is 0 Å². The van der Waals surface area contributed by atoms with Crippen LogP contribution in [0.5, 0.6) is 11.5 Å². The quantitative estimate of drug-likeness (QED) is 0.796. The minimum Gasteiger partial charge on any atom is -0.492 e. The zero-order chi connectivity index (χ0) is 19.6. The molecule has 1 aliphatic heterocycles. The molecule has 2 aromatic carbocycles. The van der Waals surface area contributed by atoms with Crippen molar-refractivity contribution in [1.29, 1.82) is 0 Å². The number of hydrogen-bond acceptors (Lipinski definition) is 4. The SMILES string of the molecule is CCOc1cc2c(cc1NC(C)C(=O)Nc1ccc(F)cc1F)OC(C)C2. The number of anilines is 2. The van der Waals surface area contributed by atoms with E-state index >= 15 is 0 Å². The van der Waals surface area contributed by atoms with Crippen molar-refractivity contribution < 1.29 is 23.0 Å². The molecule has 5 nitrogen and oxygen atoms in total. The average molecular weight is 376 g/mol. The second kappa shape index (κ2) is 7.82. The lowest BCUT2D eigenvalue weighted by molar-refractivity contribution is -0.116. The third-order valence-electron chi connectivity index (χ3n) is 4.25. The summed E-state index contributed by atoms with van der Waals surface area (Å²) in [6.45, 7) is 5.98. The van der Waals surface area contributed by atoms with Gasteiger partial charge in [0.1, 0.15) is 35.3 Å². The molecule has 0 aromatic heterocycles. The Morgan fingerprint density at radius 2 is 2.07 bits per heavy atom. The second-order valence-electron chi connectivity index (χ2n) is 6.50. The molecule has 1 heterocycles. The molecule has 0 saturated heterocycles. The number of amides is 1. The van der Waals surface area contributed by atoms with Crippen LogP contribution in [0.25, 0.3) is 0 Å². The van der Waals surface area contributed by atoms with Gasteiger partial charge in [0.2, 0.25) is 5.91 Å². The van der Waals surface area contributed by atoms with E-state index in [9.17, 15) is 13.6 Å². The van der Waals surface area contributed by atoms with Crippen molar-refractivity contribution in [1.82, 2.24) is 0 Å². The summed E-state index contributed by atoms with van der Waals surface area (Å²) in [6.07, 6.45) is 0.891. The molecule has 0 saturated carbocycles. The molecule has 1 aliphatic rings. The summed E-state index contributed by atoms with van der Waals surface area (Å²) in [6, 6.07) is 6.03. The highest BCUT2D eigenvalue weighted by Gasteiger charge is 2.23. The van der Waals surface area contributed by atoms with Crippen LogP contribution < -0.4 is 20.1 Å². The topological polar surface area (TPSA) is 59.6 Å². The Bertz CT molecular complexity index is 857. The lowest BCUT2D eigenvalue weighted by atomic mass is 10.1. The molecule has 0 spiro atoms. The number of halogens is 2. The number of rotatable bonds is 6. The van der Waals surface area contributed by atoms with Crippen LogP contribution in [0.3, 0.4) is 0 Å². The molecule has 2 unspecified atom stereocenters. The summed E-state index contributed by atoms with van der Waals surface area (Å²) < 4.78 is 38.2. The van der Waals surface area contributed by atoms with Gasteiger partial charge in [0.15, 0.2) is 0 Å². The van der Waals surface area contributed by atoms with Gasteiger partial charge < -0.3 is 20.1 Å². The zero-order valence-corrected chi connectivity index (χ0v) is 15.4. The first kappa shape index (κ1) is 18.9. The molecule has 2 aromatic rings. The highest BCUT2D eigenvalue weighted by molar-refractivity contribution is 5.96. The molecular formula is C20H22F2N2O3. The van der Waals surface area contributed by atoms with E-state index < -0.39 is 23.6 Å². The van der Waals surface area contributed by atoms with Crippen molar-refractivity contribution in [3.8, 4) is 11.5 Å². The fourth-order valence-electron chi connectivity index (χ4n) is 2.96. The van der Waals surface area contributed by atoms with E-state index in [2.05, 4.69) is 10.6 Å². The first-order valence-corrected chi connectivity index (χ1v) is 8.86. The van der Waals surface area contributed by atoms with Crippen molar-refractivity contribution in [2.45, 2.75) is 39.3 Å². The summed E-state index contributed by atoms with van der Waals surface area (Å²) in [5.74, 6) is -0.610. The summed E-state index contributed by atoms with van der Waals surface area (Å²) in [5, 5.41) is 5.53. The molecule has 1 amide bonds. The van der Waals surface area contributed by atoms with Crippen molar-refractivity contribution >= 4 is 17.3 Å². The van der Waals surface area contributed by atoms with E-state index in [1.165, 1.54) is 6.07 Å². The van der Waals surface area contributed by atoms with E-state index in [0.29, 0.717) is 18.0 Å². The number of benzene rings is 2. The van der Waals surface area contributed by atoms with Crippen LogP contribution in [0.15, 0.2) is 30.3 Å². The lowest BCUT2D eigenvalue weighted by Gasteiger charge is -2.19. The van der Waals surface area contributed by atoms with E-state index in [0.717, 1.165) is 29.9 Å². The molecule has 0 fully saturated rings. The molecule has 3 rings (SSSR count). The fourth-order valence-corrected chi connectivity index (χ4v) is 2.96. The Labute approximate surface area is 156 Å². The third-order valence-corrected chi connectivity index (χ3v) is 4.25. The number of carbonyl (C=O) groups is 1. The summed E-state index contributed by atoms with van der Waals surface area (Å²) in [4.78, 5) is 12.4. The number of fused-ring (bicyclic) bond motifs is 1. The van der Waals surface area contributed by atoms with Gasteiger partial charge in [-0.2, -0.15) is 0 Å². The second-order valence-corrected chi connectivity index (χ2v) is 6.50. The zero-order valence-electron chi connectivity index (χ0n) is 15.4. The van der Waals surface area contributed by atoms with E-state index in [4.69, 9.17) is 9.47 Å². The summed E-state index contributed by atoms with van der Waals surface area (Å²) in [7, 11) is 0. The van der Waals surface area contributed by atoms with E-state index in [1.807, 2.05) is 26.0 Å². The van der Waals surface area contributed by atoms with Crippen LogP contribution in [-0.2, 0) is 11.2 Å². The van der Waals surface area contributed by atoms with Gasteiger partial charge in [-0.25, -0.2) is 8.78 Å². The first-order chi connectivity index (χ1) is 12.9. The fraction of sp³-hybridized carbons (Fsp3) is 0.350. The van der Waals surface area contributed by atoms with Gasteiger partial charge in [-0.3, -0.25) is 4.79 Å². The minimum absolute atomic E-state index is 0.0776. The van der Waals surface area contributed by atoms with Gasteiger partial charge in [-0.15, -0.1) is 0 Å². The van der Waals surface area contributed by atoms with Gasteiger partial charge in [0, 0.05) is 24.1 Å². The summed E-state index contributed by atoms with van der Waals surface area (Å²) in [5.41, 5.74) is 1.60. The van der Waals surface area contributed by atoms with Gasteiger partial charge in [-0.05, 0) is 39.0 Å². The smallest absolute Gasteiger partial charge is 0.246 e. The molecule has 7 heteroatoms. The molecule has 144 valence electrons. The normalized spacial score (nSPS) is 16.3. The van der Waals surface area contributed by atoms with Crippen LogP contribution in [0.1, 0.15) is 26.3 Å². The maximum absolute atomic E-state index is 13.7. The molecule has 2 N–H and O–H groups in total. The molecular weight excluding hydrogens is 354 g/mol. The number of nitrogens with one attached hydrogen (secondary N) is 2. The molecule has 0 radical (unpaired) electrons. The third kappa shape index (κ3) is 4.30. The maximum Gasteiger partial charge on any atom is 0.246 e. The van der Waals surface area contributed by atoms with Crippen LogP contribution in [0, 0.1) is 11.6 Å². The standard InChI is InChI=1S/C20H22F2N2O3/c1-4-26-19-8-13-7-11(2)27-18(13)10-17(19)23-12(3)20(25)24-16-6-5-14(21)9-15(16)22/h5-6,8-12,23H,4,7H2,1-3H3,(H,24,25). The Balaban J connectivity index is 1.75. The largest absolute Gasteiger partial charge is 0.492 e. The van der Waals surface area contributed by atoms with E-state index in [1.54, 1.807) is 6.92 Å². The number of hydrogen-bond donors (Lipinski definition) is 2. The van der Waals surface area contributed by atoms with Gasteiger partial charge in [0.05, 0.1) is 18.0 Å². The van der Waals surface area contributed by atoms with Crippen molar-refractivity contribution in [3.05, 3.63) is 47.5 Å². The number of ether oxygens (including phenoxy) is 2. The first-order valence-electron chi connectivity index (χ1n) is 8.86. The Hall–Kier alpha value is -2.83. The van der Waals surface area contributed by atoms with Crippen molar-refractivity contribution in [3.63, 3.8) is 0 Å². The van der Waals surface area contributed by atoms with Crippen LogP contribution in [-0.4, -0.2) is 24.7 Å². The molecule has 0 aliphatic carbocycles. The minimum atomic E-state index is -0.828. The van der Waals surface area contributed by atoms with Gasteiger partial charge in [-0.1, -0.05) is 0 Å². The van der Waals surface area contributed by atoms with Crippen LogP contribution in [0.4, 0.5) is 20.2 Å². The van der Waals surface area contributed by atoms with Crippen molar-refractivity contribution in [2.24, 2.45) is 0 Å². The number of carbonyl (C=O) groups excluding carboxylic acids is 1. The van der Waals surface area contributed by atoms with E-state index in [-0.39, 0.29) is 11.8 Å².